The molecule has 0 radical (unpaired) electrons. The summed E-state index contributed by atoms with van der Waals surface area (Å²) in [6.45, 7) is 1.01. The number of rotatable bonds is 5. The van der Waals surface area contributed by atoms with Gasteiger partial charge in [0, 0.05) is 18.4 Å². The molecular weight excluding hydrogens is 239 g/mol. The SMILES string of the molecule is O=C(O)c1cc(F)ccc1NCCn1ccnn1. The van der Waals surface area contributed by atoms with Gasteiger partial charge in [-0.05, 0) is 18.2 Å². The van der Waals surface area contributed by atoms with Crippen LogP contribution in [0.5, 0.6) is 0 Å². The number of halogens is 1. The van der Waals surface area contributed by atoms with Crippen LogP contribution in [-0.4, -0.2) is 32.6 Å². The van der Waals surface area contributed by atoms with E-state index in [-0.39, 0.29) is 5.56 Å². The highest BCUT2D eigenvalue weighted by Gasteiger charge is 2.10. The molecule has 18 heavy (non-hydrogen) atoms. The smallest absolute Gasteiger partial charge is 0.337 e. The van der Waals surface area contributed by atoms with Gasteiger partial charge in [-0.1, -0.05) is 5.21 Å². The van der Waals surface area contributed by atoms with E-state index in [9.17, 15) is 9.18 Å². The molecular formula is C11H11FN4O2. The first kappa shape index (κ1) is 12.0. The summed E-state index contributed by atoms with van der Waals surface area (Å²) in [5, 5.41) is 19.3. The second kappa shape index (κ2) is 5.26. The highest BCUT2D eigenvalue weighted by molar-refractivity contribution is 5.94. The molecule has 6 nitrogen and oxygen atoms in total. The minimum Gasteiger partial charge on any atom is -0.478 e. The topological polar surface area (TPSA) is 80.0 Å². The molecule has 1 aromatic carbocycles. The molecule has 2 N–H and O–H groups in total. The van der Waals surface area contributed by atoms with Gasteiger partial charge in [0.2, 0.25) is 0 Å². The molecule has 0 saturated heterocycles. The Bertz CT molecular complexity index is 542. The van der Waals surface area contributed by atoms with Crippen LogP contribution in [0.25, 0.3) is 0 Å². The normalized spacial score (nSPS) is 10.3. The van der Waals surface area contributed by atoms with Crippen molar-refractivity contribution in [3.05, 3.63) is 42.0 Å². The highest BCUT2D eigenvalue weighted by Crippen LogP contribution is 2.16. The van der Waals surface area contributed by atoms with E-state index >= 15 is 0 Å². The average molecular weight is 250 g/mol. The van der Waals surface area contributed by atoms with Crippen LogP contribution in [0.15, 0.2) is 30.6 Å². The molecule has 94 valence electrons. The molecule has 0 spiro atoms. The molecule has 7 heteroatoms. The number of hydrogen-bond acceptors (Lipinski definition) is 4. The molecule has 0 amide bonds. The molecule has 0 aliphatic heterocycles. The molecule has 0 unspecified atom stereocenters. The van der Waals surface area contributed by atoms with Crippen molar-refractivity contribution in [3.63, 3.8) is 0 Å². The number of nitrogens with one attached hydrogen (secondary N) is 1. The Morgan fingerprint density at radius 1 is 1.50 bits per heavy atom. The largest absolute Gasteiger partial charge is 0.478 e. The molecule has 1 heterocycles. The summed E-state index contributed by atoms with van der Waals surface area (Å²) in [6.07, 6.45) is 3.25. The van der Waals surface area contributed by atoms with Gasteiger partial charge in [-0.2, -0.15) is 0 Å². The third kappa shape index (κ3) is 2.82. The zero-order valence-electron chi connectivity index (χ0n) is 9.38. The minimum absolute atomic E-state index is 0.0893. The van der Waals surface area contributed by atoms with Crippen LogP contribution in [0.2, 0.25) is 0 Å². The number of benzene rings is 1. The van der Waals surface area contributed by atoms with Crippen LogP contribution >= 0.6 is 0 Å². The Morgan fingerprint density at radius 2 is 2.33 bits per heavy atom. The Labute approximate surface area is 102 Å². The number of hydrogen-bond donors (Lipinski definition) is 2. The number of aromatic carboxylic acids is 1. The van der Waals surface area contributed by atoms with Gasteiger partial charge >= 0.3 is 5.97 Å². The maximum atomic E-state index is 12.9. The third-order valence-electron chi connectivity index (χ3n) is 2.34. The van der Waals surface area contributed by atoms with E-state index in [4.69, 9.17) is 5.11 Å². The molecule has 0 aliphatic carbocycles. The van der Waals surface area contributed by atoms with Crippen molar-refractivity contribution in [2.75, 3.05) is 11.9 Å². The lowest BCUT2D eigenvalue weighted by atomic mass is 10.1. The first-order valence-electron chi connectivity index (χ1n) is 5.27. The van der Waals surface area contributed by atoms with Gasteiger partial charge in [-0.3, -0.25) is 4.68 Å². The van der Waals surface area contributed by atoms with Crippen molar-refractivity contribution in [1.82, 2.24) is 15.0 Å². The van der Waals surface area contributed by atoms with Gasteiger partial charge < -0.3 is 10.4 Å². The third-order valence-corrected chi connectivity index (χ3v) is 2.34. The van der Waals surface area contributed by atoms with Crippen molar-refractivity contribution >= 4 is 11.7 Å². The number of carboxylic acid groups (broad SMARTS) is 1. The van der Waals surface area contributed by atoms with E-state index in [1.54, 1.807) is 17.1 Å². The van der Waals surface area contributed by atoms with Gasteiger partial charge in [-0.25, -0.2) is 9.18 Å². The summed E-state index contributed by atoms with van der Waals surface area (Å²) >= 11 is 0. The van der Waals surface area contributed by atoms with E-state index in [1.165, 1.54) is 12.1 Å². The van der Waals surface area contributed by atoms with E-state index in [1.807, 2.05) is 0 Å². The molecule has 0 bridgehead atoms. The lowest BCUT2D eigenvalue weighted by Crippen LogP contribution is -2.13. The first-order chi connectivity index (χ1) is 8.66. The summed E-state index contributed by atoms with van der Waals surface area (Å²) in [4.78, 5) is 10.9. The van der Waals surface area contributed by atoms with Crippen LogP contribution in [-0.2, 0) is 6.54 Å². The number of aromatic nitrogens is 3. The fourth-order valence-corrected chi connectivity index (χ4v) is 1.50. The van der Waals surface area contributed by atoms with Crippen molar-refractivity contribution in [1.29, 1.82) is 0 Å². The molecule has 0 saturated carbocycles. The van der Waals surface area contributed by atoms with Gasteiger partial charge in [0.1, 0.15) is 5.82 Å². The van der Waals surface area contributed by atoms with Crippen molar-refractivity contribution < 1.29 is 14.3 Å². The van der Waals surface area contributed by atoms with Gasteiger partial charge in [0.15, 0.2) is 0 Å². The van der Waals surface area contributed by atoms with Crippen LogP contribution < -0.4 is 5.32 Å². The zero-order valence-corrected chi connectivity index (χ0v) is 9.38. The summed E-state index contributed by atoms with van der Waals surface area (Å²) < 4.78 is 14.5. The fraction of sp³-hybridized carbons (Fsp3) is 0.182. The maximum absolute atomic E-state index is 12.9. The van der Waals surface area contributed by atoms with Crippen molar-refractivity contribution in [3.8, 4) is 0 Å². The zero-order chi connectivity index (χ0) is 13.0. The van der Waals surface area contributed by atoms with E-state index in [0.717, 1.165) is 6.07 Å². The lowest BCUT2D eigenvalue weighted by Gasteiger charge is -2.09. The fourth-order valence-electron chi connectivity index (χ4n) is 1.50. The first-order valence-corrected chi connectivity index (χ1v) is 5.27. The predicted molar refractivity (Wildman–Crippen MR) is 61.9 cm³/mol. The second-order valence-corrected chi connectivity index (χ2v) is 3.59. The Morgan fingerprint density at radius 3 is 3.00 bits per heavy atom. The standard InChI is InChI=1S/C11H11FN4O2/c12-8-1-2-10(9(7-8)11(17)18)13-3-5-16-6-4-14-15-16/h1-2,4,6-7,13H,3,5H2,(H,17,18). The molecule has 1 aromatic heterocycles. The number of anilines is 1. The molecule has 0 fully saturated rings. The van der Waals surface area contributed by atoms with Crippen molar-refractivity contribution in [2.24, 2.45) is 0 Å². The van der Waals surface area contributed by atoms with Gasteiger partial charge in [0.25, 0.3) is 0 Å². The lowest BCUT2D eigenvalue weighted by molar-refractivity contribution is 0.0697. The van der Waals surface area contributed by atoms with Crippen LogP contribution in [0.4, 0.5) is 10.1 Å². The average Bonchev–Trinajstić information content (AvgIpc) is 2.84. The number of carboxylic acids is 1. The number of carbonyl (C=O) groups is 1. The quantitative estimate of drug-likeness (QED) is 0.834. The van der Waals surface area contributed by atoms with E-state index in [2.05, 4.69) is 15.6 Å². The summed E-state index contributed by atoms with van der Waals surface area (Å²) in [5.74, 6) is -1.74. The second-order valence-electron chi connectivity index (χ2n) is 3.59. The number of nitrogens with zero attached hydrogens (tertiary/aromatic N) is 3. The highest BCUT2D eigenvalue weighted by atomic mass is 19.1. The summed E-state index contributed by atoms with van der Waals surface area (Å²) in [5.41, 5.74) is 0.289. The van der Waals surface area contributed by atoms with Crippen molar-refractivity contribution in [2.45, 2.75) is 6.54 Å². The van der Waals surface area contributed by atoms with Crippen LogP contribution in [0.1, 0.15) is 10.4 Å². The molecule has 2 rings (SSSR count). The predicted octanol–water partition coefficient (Wildman–Crippen LogP) is 1.23. The summed E-state index contributed by atoms with van der Waals surface area (Å²) in [7, 11) is 0. The Balaban J connectivity index is 2.02. The van der Waals surface area contributed by atoms with Gasteiger partial charge in [0.05, 0.1) is 18.3 Å². The summed E-state index contributed by atoms with van der Waals surface area (Å²) in [6, 6.07) is 3.60. The van der Waals surface area contributed by atoms with E-state index < -0.39 is 11.8 Å². The molecule has 2 aromatic rings. The van der Waals surface area contributed by atoms with Gasteiger partial charge in [-0.15, -0.1) is 5.10 Å². The van der Waals surface area contributed by atoms with E-state index in [0.29, 0.717) is 18.8 Å². The monoisotopic (exact) mass is 250 g/mol. The Hall–Kier alpha value is -2.44. The Kier molecular flexibility index (Phi) is 3.52. The minimum atomic E-state index is -1.17. The van der Waals surface area contributed by atoms with Crippen LogP contribution in [0.3, 0.4) is 0 Å². The van der Waals surface area contributed by atoms with Crippen LogP contribution in [0, 0.1) is 5.82 Å². The maximum Gasteiger partial charge on any atom is 0.337 e. The molecule has 0 atom stereocenters. The molecule has 0 aliphatic rings.